The summed E-state index contributed by atoms with van der Waals surface area (Å²) in [5.74, 6) is -0.748. The van der Waals surface area contributed by atoms with Gasteiger partial charge in [-0.1, -0.05) is 26.0 Å². The first-order chi connectivity index (χ1) is 10.0. The van der Waals surface area contributed by atoms with Gasteiger partial charge >= 0.3 is 5.97 Å². The van der Waals surface area contributed by atoms with E-state index in [0.29, 0.717) is 5.56 Å². The van der Waals surface area contributed by atoms with Gasteiger partial charge in [0.1, 0.15) is 0 Å². The highest BCUT2D eigenvalue weighted by atomic mass is 32.1. The van der Waals surface area contributed by atoms with Gasteiger partial charge in [-0.05, 0) is 17.7 Å². The Balaban J connectivity index is 1.96. The summed E-state index contributed by atoms with van der Waals surface area (Å²) in [4.78, 5) is 20.1. The fraction of sp³-hybridized carbons (Fsp3) is 0.333. The molecule has 0 atom stereocenters. The van der Waals surface area contributed by atoms with Gasteiger partial charge in [0.15, 0.2) is 0 Å². The highest BCUT2D eigenvalue weighted by molar-refractivity contribution is 7.09. The van der Waals surface area contributed by atoms with Crippen LogP contribution in [-0.2, 0) is 16.8 Å². The van der Waals surface area contributed by atoms with Crippen LogP contribution in [0.15, 0.2) is 36.0 Å². The molecule has 2 N–H and O–H groups in total. The minimum Gasteiger partial charge on any atom is -0.311 e. The number of hydrogen-bond acceptors (Lipinski definition) is 6. The van der Waals surface area contributed by atoms with E-state index in [-0.39, 0.29) is 5.41 Å². The summed E-state index contributed by atoms with van der Waals surface area (Å²) in [6.07, 6.45) is 1.86. The molecule has 0 aliphatic heterocycles. The molecule has 0 aliphatic carbocycles. The Kier molecular flexibility index (Phi) is 5.06. The number of carbonyl (C=O) groups is 1. The van der Waals surface area contributed by atoms with Gasteiger partial charge in [-0.25, -0.2) is 4.79 Å². The maximum atomic E-state index is 11.2. The summed E-state index contributed by atoms with van der Waals surface area (Å²) in [5.41, 5.74) is 3.18. The first-order valence-electron chi connectivity index (χ1n) is 6.57. The van der Waals surface area contributed by atoms with Crippen molar-refractivity contribution in [3.8, 4) is 0 Å². The van der Waals surface area contributed by atoms with Crippen LogP contribution in [0.2, 0.25) is 0 Å². The lowest BCUT2D eigenvalue weighted by molar-refractivity contribution is -0.182. The molecule has 2 rings (SSSR count). The monoisotopic (exact) mass is 306 g/mol. The number of nitrogens with zero attached hydrogens (tertiary/aromatic N) is 1. The summed E-state index contributed by atoms with van der Waals surface area (Å²) in [6.45, 7) is 5.86. The predicted molar refractivity (Wildman–Crippen MR) is 81.3 cm³/mol. The highest BCUT2D eigenvalue weighted by Gasteiger charge is 2.20. The molecule has 0 unspecified atom stereocenters. The van der Waals surface area contributed by atoms with E-state index in [0.717, 1.165) is 18.7 Å². The molecule has 1 aromatic heterocycles. The molecule has 0 saturated heterocycles. The minimum atomic E-state index is -0.748. The van der Waals surface area contributed by atoms with Crippen molar-refractivity contribution in [1.29, 1.82) is 0 Å². The summed E-state index contributed by atoms with van der Waals surface area (Å²) < 4.78 is 0. The number of benzene rings is 1. The lowest BCUT2D eigenvalue weighted by atomic mass is 9.84. The Morgan fingerprint density at radius 2 is 2.10 bits per heavy atom. The van der Waals surface area contributed by atoms with Gasteiger partial charge in [0.2, 0.25) is 0 Å². The van der Waals surface area contributed by atoms with E-state index in [1.807, 2.05) is 23.8 Å². The fourth-order valence-corrected chi connectivity index (χ4v) is 2.60. The van der Waals surface area contributed by atoms with Gasteiger partial charge in [0, 0.05) is 29.6 Å². The Labute approximate surface area is 127 Å². The lowest BCUT2D eigenvalue weighted by Crippen LogP contribution is -2.32. The average molecular weight is 306 g/mol. The second kappa shape index (κ2) is 6.80. The Hall–Kier alpha value is -1.76. The van der Waals surface area contributed by atoms with E-state index in [1.165, 1.54) is 4.88 Å². The largest absolute Gasteiger partial charge is 0.372 e. The zero-order valence-corrected chi connectivity index (χ0v) is 12.8. The third-order valence-electron chi connectivity index (χ3n) is 3.33. The summed E-state index contributed by atoms with van der Waals surface area (Å²) in [7, 11) is 0. The number of rotatable bonds is 6. The zero-order chi connectivity index (χ0) is 15.3. The maximum absolute atomic E-state index is 11.2. The fourth-order valence-electron chi connectivity index (χ4n) is 2.04. The number of aromatic nitrogens is 1. The Morgan fingerprint density at radius 1 is 1.38 bits per heavy atom. The summed E-state index contributed by atoms with van der Waals surface area (Å²) in [5, 5.41) is 11.8. The van der Waals surface area contributed by atoms with Gasteiger partial charge in [-0.2, -0.15) is 5.26 Å². The van der Waals surface area contributed by atoms with E-state index in [9.17, 15) is 4.79 Å². The Bertz CT molecular complexity index is 579. The van der Waals surface area contributed by atoms with Crippen molar-refractivity contribution in [2.24, 2.45) is 0 Å². The van der Waals surface area contributed by atoms with Crippen molar-refractivity contribution in [3.05, 3.63) is 52.0 Å². The third kappa shape index (κ3) is 4.10. The SMILES string of the molecule is CC(C)(CNCc1cncs1)c1ccc(C(=O)OO)cc1. The highest BCUT2D eigenvalue weighted by Crippen LogP contribution is 2.23. The predicted octanol–water partition coefficient (Wildman–Crippen LogP) is 2.84. The van der Waals surface area contributed by atoms with Crippen LogP contribution in [0, 0.1) is 0 Å². The van der Waals surface area contributed by atoms with Crippen LogP contribution in [0.1, 0.15) is 34.6 Å². The number of carbonyl (C=O) groups excluding carboxylic acids is 1. The van der Waals surface area contributed by atoms with Crippen molar-refractivity contribution in [3.63, 3.8) is 0 Å². The van der Waals surface area contributed by atoms with Crippen LogP contribution in [0.5, 0.6) is 0 Å². The molecule has 2 aromatic rings. The molecule has 21 heavy (non-hydrogen) atoms. The van der Waals surface area contributed by atoms with E-state index < -0.39 is 5.97 Å². The molecule has 0 spiro atoms. The van der Waals surface area contributed by atoms with Crippen LogP contribution in [0.25, 0.3) is 0 Å². The van der Waals surface area contributed by atoms with Crippen LogP contribution in [0.3, 0.4) is 0 Å². The standard InChI is InChI=1S/C15H18N2O3S/c1-15(2,9-16-7-13-8-17-10-21-13)12-5-3-11(4-6-12)14(18)20-19/h3-6,8,10,16,19H,7,9H2,1-2H3. The van der Waals surface area contributed by atoms with Gasteiger partial charge in [-0.3, -0.25) is 9.87 Å². The average Bonchev–Trinajstić information content (AvgIpc) is 2.99. The zero-order valence-electron chi connectivity index (χ0n) is 12.0. The summed E-state index contributed by atoms with van der Waals surface area (Å²) in [6, 6.07) is 7.05. The van der Waals surface area contributed by atoms with Crippen molar-refractivity contribution in [2.75, 3.05) is 6.54 Å². The smallest absolute Gasteiger partial charge is 0.311 e. The second-order valence-corrected chi connectivity index (χ2v) is 6.38. The van der Waals surface area contributed by atoms with Gasteiger partial charge in [0.05, 0.1) is 11.1 Å². The normalized spacial score (nSPS) is 11.4. The maximum Gasteiger partial charge on any atom is 0.372 e. The van der Waals surface area contributed by atoms with E-state index in [4.69, 9.17) is 5.26 Å². The molecule has 1 heterocycles. The van der Waals surface area contributed by atoms with Gasteiger partial charge in [-0.15, -0.1) is 11.3 Å². The number of thiazole rings is 1. The van der Waals surface area contributed by atoms with Crippen molar-refractivity contribution >= 4 is 17.3 Å². The first kappa shape index (κ1) is 15.6. The van der Waals surface area contributed by atoms with Crippen molar-refractivity contribution < 1.29 is 14.9 Å². The first-order valence-corrected chi connectivity index (χ1v) is 7.45. The minimum absolute atomic E-state index is 0.0770. The van der Waals surface area contributed by atoms with Crippen LogP contribution < -0.4 is 5.32 Å². The third-order valence-corrected chi connectivity index (χ3v) is 4.11. The van der Waals surface area contributed by atoms with Crippen LogP contribution >= 0.6 is 11.3 Å². The molecule has 0 saturated carbocycles. The molecule has 0 bridgehead atoms. The molecule has 112 valence electrons. The van der Waals surface area contributed by atoms with E-state index in [2.05, 4.69) is 29.0 Å². The van der Waals surface area contributed by atoms with Gasteiger partial charge < -0.3 is 5.32 Å². The van der Waals surface area contributed by atoms with E-state index >= 15 is 0 Å². The van der Waals surface area contributed by atoms with E-state index in [1.54, 1.807) is 23.5 Å². The van der Waals surface area contributed by atoms with Crippen molar-refractivity contribution in [1.82, 2.24) is 10.3 Å². The summed E-state index contributed by atoms with van der Waals surface area (Å²) >= 11 is 1.63. The molecular weight excluding hydrogens is 288 g/mol. The molecule has 0 amide bonds. The molecule has 0 aliphatic rings. The molecule has 0 fully saturated rings. The molecule has 0 radical (unpaired) electrons. The number of nitrogens with one attached hydrogen (secondary N) is 1. The Morgan fingerprint density at radius 3 is 2.67 bits per heavy atom. The van der Waals surface area contributed by atoms with Crippen LogP contribution in [-0.4, -0.2) is 22.8 Å². The second-order valence-electron chi connectivity index (χ2n) is 5.41. The molecule has 1 aromatic carbocycles. The van der Waals surface area contributed by atoms with Crippen molar-refractivity contribution in [2.45, 2.75) is 25.8 Å². The molecule has 5 nitrogen and oxygen atoms in total. The van der Waals surface area contributed by atoms with Crippen LogP contribution in [0.4, 0.5) is 0 Å². The molecular formula is C15H18N2O3S. The van der Waals surface area contributed by atoms with Gasteiger partial charge in [0.25, 0.3) is 0 Å². The number of hydrogen-bond donors (Lipinski definition) is 2. The topological polar surface area (TPSA) is 71.5 Å². The molecule has 6 heteroatoms. The quantitative estimate of drug-likeness (QED) is 0.634. The lowest BCUT2D eigenvalue weighted by Gasteiger charge is -2.25.